The Morgan fingerprint density at radius 1 is 1.23 bits per heavy atom. The molecule has 30 heavy (non-hydrogen) atoms. The molecule has 0 aliphatic carbocycles. The zero-order valence-electron chi connectivity index (χ0n) is 17.0. The molecule has 0 unspecified atom stereocenters. The summed E-state index contributed by atoms with van der Waals surface area (Å²) < 4.78 is 30.9. The molecule has 0 aromatic heterocycles. The Labute approximate surface area is 175 Å². The van der Waals surface area contributed by atoms with Crippen LogP contribution in [0.1, 0.15) is 42.0 Å². The number of fused-ring (bicyclic) bond motifs is 1. The minimum Gasteiger partial charge on any atom is -0.434 e. The molecule has 2 heterocycles. The first-order valence-electron chi connectivity index (χ1n) is 10.4. The highest BCUT2D eigenvalue weighted by Crippen LogP contribution is 2.34. The van der Waals surface area contributed by atoms with Crippen LogP contribution in [0.2, 0.25) is 0 Å². The molecule has 0 bridgehead atoms. The number of aryl methyl sites for hydroxylation is 1. The van der Waals surface area contributed by atoms with E-state index in [1.165, 1.54) is 5.56 Å². The van der Waals surface area contributed by atoms with E-state index in [1.54, 1.807) is 18.0 Å². The van der Waals surface area contributed by atoms with Crippen LogP contribution in [0.5, 0.6) is 5.75 Å². The molecule has 1 fully saturated rings. The second-order valence-electron chi connectivity index (χ2n) is 7.89. The lowest BCUT2D eigenvalue weighted by Gasteiger charge is -2.34. The van der Waals surface area contributed by atoms with Crippen LogP contribution in [0.4, 0.5) is 14.5 Å². The molecule has 4 rings (SSSR count). The standard InChI is InChI=1S/C23H27F2N3O2/c1-28-19-12-17(20(30-23(24)25)13-16(19)9-10-21(28)29)14-27-18-8-5-11-26-22(18)15-6-3-2-4-7-15/h2-4,6-7,12-13,18,22-23,26-27H,5,8-11,14H2,1H3/t18-,22-/m0/s1. The lowest BCUT2D eigenvalue weighted by Crippen LogP contribution is -2.45. The number of rotatable bonds is 6. The van der Waals surface area contributed by atoms with Gasteiger partial charge in [-0.05, 0) is 49.1 Å². The van der Waals surface area contributed by atoms with E-state index in [4.69, 9.17) is 4.74 Å². The molecule has 1 amide bonds. The monoisotopic (exact) mass is 415 g/mol. The number of carbonyl (C=O) groups excluding carboxylic acids is 1. The average molecular weight is 415 g/mol. The van der Waals surface area contributed by atoms with Crippen LogP contribution < -0.4 is 20.3 Å². The van der Waals surface area contributed by atoms with E-state index >= 15 is 0 Å². The van der Waals surface area contributed by atoms with Gasteiger partial charge in [0.05, 0.1) is 0 Å². The van der Waals surface area contributed by atoms with Crippen LogP contribution >= 0.6 is 0 Å². The predicted octanol–water partition coefficient (Wildman–Crippen LogP) is 3.78. The van der Waals surface area contributed by atoms with Crippen molar-refractivity contribution in [1.82, 2.24) is 10.6 Å². The van der Waals surface area contributed by atoms with Gasteiger partial charge in [0.1, 0.15) is 5.75 Å². The van der Waals surface area contributed by atoms with E-state index in [9.17, 15) is 13.6 Å². The van der Waals surface area contributed by atoms with Gasteiger partial charge in [-0.15, -0.1) is 0 Å². The number of nitrogens with zero attached hydrogens (tertiary/aromatic N) is 1. The SMILES string of the molecule is CN1C(=O)CCc2cc(OC(F)F)c(CN[C@H]3CCCN[C@H]3c3ccccc3)cc21. The Morgan fingerprint density at radius 2 is 2.03 bits per heavy atom. The number of anilines is 1. The minimum absolute atomic E-state index is 0.0320. The van der Waals surface area contributed by atoms with Crippen molar-refractivity contribution < 1.29 is 18.3 Å². The quantitative estimate of drug-likeness (QED) is 0.754. The first-order valence-corrected chi connectivity index (χ1v) is 10.4. The maximum atomic E-state index is 13.0. The third-order valence-electron chi connectivity index (χ3n) is 5.99. The first-order chi connectivity index (χ1) is 14.5. The highest BCUT2D eigenvalue weighted by molar-refractivity contribution is 5.96. The number of carbonyl (C=O) groups is 1. The molecule has 5 nitrogen and oxygen atoms in total. The number of hydrogen-bond donors (Lipinski definition) is 2. The summed E-state index contributed by atoms with van der Waals surface area (Å²) in [7, 11) is 1.72. The lowest BCUT2D eigenvalue weighted by atomic mass is 9.92. The van der Waals surface area contributed by atoms with Crippen molar-refractivity contribution in [3.63, 3.8) is 0 Å². The topological polar surface area (TPSA) is 53.6 Å². The maximum absolute atomic E-state index is 13.0. The fourth-order valence-electron chi connectivity index (χ4n) is 4.41. The molecule has 2 aromatic rings. The molecule has 2 aromatic carbocycles. The number of alkyl halides is 2. The van der Waals surface area contributed by atoms with E-state index in [1.807, 2.05) is 24.3 Å². The molecule has 0 spiro atoms. The van der Waals surface area contributed by atoms with Crippen molar-refractivity contribution in [2.24, 2.45) is 0 Å². The molecule has 2 aliphatic rings. The molecule has 160 valence electrons. The van der Waals surface area contributed by atoms with E-state index < -0.39 is 6.61 Å². The molecular formula is C23H27F2N3O2. The number of benzene rings is 2. The van der Waals surface area contributed by atoms with E-state index in [-0.39, 0.29) is 23.7 Å². The Morgan fingerprint density at radius 3 is 2.80 bits per heavy atom. The second kappa shape index (κ2) is 9.10. The average Bonchev–Trinajstić information content (AvgIpc) is 2.76. The molecule has 1 saturated heterocycles. The van der Waals surface area contributed by atoms with Gasteiger partial charge in [-0.1, -0.05) is 30.3 Å². The molecule has 2 aliphatic heterocycles. The molecule has 0 saturated carbocycles. The Kier molecular flexibility index (Phi) is 6.29. The highest BCUT2D eigenvalue weighted by Gasteiger charge is 2.27. The largest absolute Gasteiger partial charge is 0.434 e. The van der Waals surface area contributed by atoms with Crippen molar-refractivity contribution in [1.29, 1.82) is 0 Å². The summed E-state index contributed by atoms with van der Waals surface area (Å²) in [6, 6.07) is 14.0. The minimum atomic E-state index is -2.89. The van der Waals surface area contributed by atoms with E-state index in [2.05, 4.69) is 22.8 Å². The van der Waals surface area contributed by atoms with Crippen LogP contribution in [-0.2, 0) is 17.8 Å². The molecule has 2 atom stereocenters. The number of halogens is 2. The Hall–Kier alpha value is -2.51. The zero-order valence-corrected chi connectivity index (χ0v) is 17.0. The van der Waals surface area contributed by atoms with E-state index in [0.29, 0.717) is 24.9 Å². The van der Waals surface area contributed by atoms with Gasteiger partial charge in [-0.25, -0.2) is 0 Å². The molecule has 0 radical (unpaired) electrons. The van der Waals surface area contributed by atoms with Crippen molar-refractivity contribution in [2.45, 2.75) is 50.9 Å². The second-order valence-corrected chi connectivity index (χ2v) is 7.89. The normalized spacial score (nSPS) is 21.6. The number of ether oxygens (including phenoxy) is 1. The third-order valence-corrected chi connectivity index (χ3v) is 5.99. The van der Waals surface area contributed by atoms with Crippen LogP contribution in [0.25, 0.3) is 0 Å². The Bertz CT molecular complexity index is 892. The summed E-state index contributed by atoms with van der Waals surface area (Å²) in [6.07, 6.45) is 2.94. The van der Waals surface area contributed by atoms with Gasteiger partial charge in [0.25, 0.3) is 0 Å². The fourth-order valence-corrected chi connectivity index (χ4v) is 4.41. The number of piperidine rings is 1. The Balaban J connectivity index is 1.57. The van der Waals surface area contributed by atoms with Crippen LogP contribution in [-0.4, -0.2) is 32.2 Å². The summed E-state index contributed by atoms with van der Waals surface area (Å²) in [5.41, 5.74) is 3.46. The summed E-state index contributed by atoms with van der Waals surface area (Å²) >= 11 is 0. The van der Waals surface area contributed by atoms with Gasteiger partial charge < -0.3 is 20.3 Å². The summed E-state index contributed by atoms with van der Waals surface area (Å²) in [5.74, 6) is 0.212. The van der Waals surface area contributed by atoms with Crippen LogP contribution in [0.3, 0.4) is 0 Å². The summed E-state index contributed by atoms with van der Waals surface area (Å²) in [5, 5.41) is 7.11. The van der Waals surface area contributed by atoms with Crippen molar-refractivity contribution in [3.8, 4) is 5.75 Å². The van der Waals surface area contributed by atoms with Crippen molar-refractivity contribution in [2.75, 3.05) is 18.5 Å². The molecule has 7 heteroatoms. The first kappa shape index (κ1) is 20.8. The number of amides is 1. The highest BCUT2D eigenvalue weighted by atomic mass is 19.3. The fraction of sp³-hybridized carbons (Fsp3) is 0.435. The van der Waals surface area contributed by atoms with Crippen molar-refractivity contribution >= 4 is 11.6 Å². The number of hydrogen-bond acceptors (Lipinski definition) is 4. The van der Waals surface area contributed by atoms with Gasteiger partial charge in [0.2, 0.25) is 5.91 Å². The van der Waals surface area contributed by atoms with Crippen LogP contribution in [0.15, 0.2) is 42.5 Å². The van der Waals surface area contributed by atoms with Gasteiger partial charge in [0.15, 0.2) is 0 Å². The van der Waals surface area contributed by atoms with Gasteiger partial charge >= 0.3 is 6.61 Å². The number of nitrogens with one attached hydrogen (secondary N) is 2. The van der Waals surface area contributed by atoms with Crippen LogP contribution in [0, 0.1) is 0 Å². The summed E-state index contributed by atoms with van der Waals surface area (Å²) in [4.78, 5) is 13.7. The lowest BCUT2D eigenvalue weighted by molar-refractivity contribution is -0.118. The zero-order chi connectivity index (χ0) is 21.1. The van der Waals surface area contributed by atoms with Gasteiger partial charge in [-0.2, -0.15) is 8.78 Å². The molecular weight excluding hydrogens is 388 g/mol. The third kappa shape index (κ3) is 4.47. The predicted molar refractivity (Wildman–Crippen MR) is 112 cm³/mol. The summed E-state index contributed by atoms with van der Waals surface area (Å²) in [6.45, 7) is -1.56. The smallest absolute Gasteiger partial charge is 0.387 e. The van der Waals surface area contributed by atoms with E-state index in [0.717, 1.165) is 30.6 Å². The molecule has 2 N–H and O–H groups in total. The maximum Gasteiger partial charge on any atom is 0.387 e. The van der Waals surface area contributed by atoms with Gasteiger partial charge in [-0.3, -0.25) is 4.79 Å². The van der Waals surface area contributed by atoms with Gasteiger partial charge in [0, 0.05) is 43.3 Å². The van der Waals surface area contributed by atoms with Crippen molar-refractivity contribution in [3.05, 3.63) is 59.2 Å².